The van der Waals surface area contributed by atoms with Gasteiger partial charge in [-0.25, -0.2) is 0 Å². The molecule has 2 aromatic rings. The van der Waals surface area contributed by atoms with Crippen molar-refractivity contribution in [3.8, 4) is 0 Å². The fourth-order valence-corrected chi connectivity index (χ4v) is 4.26. The van der Waals surface area contributed by atoms with Crippen LogP contribution in [0.3, 0.4) is 0 Å². The highest BCUT2D eigenvalue weighted by Gasteiger charge is 2.28. The van der Waals surface area contributed by atoms with E-state index < -0.39 is 0 Å². The summed E-state index contributed by atoms with van der Waals surface area (Å²) in [4.78, 5) is 17.3. The van der Waals surface area contributed by atoms with Gasteiger partial charge >= 0.3 is 5.97 Å². The summed E-state index contributed by atoms with van der Waals surface area (Å²) in [6.45, 7) is 7.48. The number of hydrogen-bond acceptors (Lipinski definition) is 4. The summed E-state index contributed by atoms with van der Waals surface area (Å²) in [6.07, 6.45) is 6.30. The molecule has 0 N–H and O–H groups in total. The van der Waals surface area contributed by atoms with E-state index in [2.05, 4.69) is 77.4 Å². The van der Waals surface area contributed by atoms with E-state index >= 15 is 0 Å². The van der Waals surface area contributed by atoms with Crippen LogP contribution >= 0.6 is 0 Å². The lowest BCUT2D eigenvalue weighted by Gasteiger charge is -2.41. The second-order valence-electron chi connectivity index (χ2n) is 8.68. The summed E-state index contributed by atoms with van der Waals surface area (Å²) in [5, 5.41) is 0. The van der Waals surface area contributed by atoms with E-state index in [1.165, 1.54) is 30.4 Å². The van der Waals surface area contributed by atoms with Crippen LogP contribution in [0.1, 0.15) is 56.6 Å². The van der Waals surface area contributed by atoms with E-state index in [0.717, 1.165) is 45.6 Å². The molecule has 1 saturated heterocycles. The molecule has 1 aliphatic heterocycles. The largest absolute Gasteiger partial charge is 0.464 e. The predicted octanol–water partition coefficient (Wildman–Crippen LogP) is 5.28. The van der Waals surface area contributed by atoms with Crippen LogP contribution in [-0.2, 0) is 22.6 Å². The average Bonchev–Trinajstić information content (AvgIpc) is 2.80. The van der Waals surface area contributed by atoms with E-state index in [1.54, 1.807) is 0 Å². The number of rotatable bonds is 12. The topological polar surface area (TPSA) is 32.8 Å². The lowest BCUT2D eigenvalue weighted by Crippen LogP contribution is -2.54. The van der Waals surface area contributed by atoms with Gasteiger partial charge in [-0.3, -0.25) is 14.6 Å². The van der Waals surface area contributed by atoms with Crippen molar-refractivity contribution in [2.45, 2.75) is 64.6 Å². The van der Waals surface area contributed by atoms with Gasteiger partial charge in [-0.05, 0) is 17.5 Å². The first-order chi connectivity index (χ1) is 15.2. The molecule has 0 aromatic heterocycles. The van der Waals surface area contributed by atoms with E-state index in [-0.39, 0.29) is 12.0 Å². The van der Waals surface area contributed by atoms with E-state index in [1.807, 2.05) is 0 Å². The van der Waals surface area contributed by atoms with E-state index in [0.29, 0.717) is 13.0 Å². The molecule has 1 heterocycles. The van der Waals surface area contributed by atoms with Crippen molar-refractivity contribution in [1.29, 1.82) is 0 Å². The number of carbonyl (C=O) groups excluding carboxylic acids is 1. The number of esters is 1. The Kier molecular flexibility index (Phi) is 10.1. The maximum absolute atomic E-state index is 12.3. The molecule has 1 atom stereocenters. The summed E-state index contributed by atoms with van der Waals surface area (Å²) in [7, 11) is 0. The molecule has 2 aromatic carbocycles. The van der Waals surface area contributed by atoms with Crippen molar-refractivity contribution in [2.24, 2.45) is 0 Å². The second-order valence-corrected chi connectivity index (χ2v) is 8.68. The molecular formula is C27H38N2O2. The number of benzene rings is 2. The van der Waals surface area contributed by atoms with Gasteiger partial charge in [0.15, 0.2) is 0 Å². The molecule has 0 aliphatic carbocycles. The van der Waals surface area contributed by atoms with Gasteiger partial charge < -0.3 is 4.74 Å². The van der Waals surface area contributed by atoms with Crippen molar-refractivity contribution in [1.82, 2.24) is 9.80 Å². The van der Waals surface area contributed by atoms with Gasteiger partial charge in [0, 0.05) is 39.1 Å². The van der Waals surface area contributed by atoms with Gasteiger partial charge in [0.25, 0.3) is 0 Å². The van der Waals surface area contributed by atoms with Crippen molar-refractivity contribution in [3.63, 3.8) is 0 Å². The number of unbranched alkanes of at least 4 members (excludes halogenated alkanes) is 4. The quantitative estimate of drug-likeness (QED) is 0.344. The van der Waals surface area contributed by atoms with Gasteiger partial charge in [0.2, 0.25) is 0 Å². The molecule has 4 heteroatoms. The second kappa shape index (κ2) is 13.3. The van der Waals surface area contributed by atoms with Crippen LogP contribution in [0.5, 0.6) is 0 Å². The minimum atomic E-state index is -0.0451. The third-order valence-electron chi connectivity index (χ3n) is 6.09. The van der Waals surface area contributed by atoms with E-state index in [9.17, 15) is 4.79 Å². The van der Waals surface area contributed by atoms with Crippen LogP contribution in [0, 0.1) is 0 Å². The van der Waals surface area contributed by atoms with Gasteiger partial charge in [-0.1, -0.05) is 93.3 Å². The highest BCUT2D eigenvalue weighted by Crippen LogP contribution is 2.17. The molecule has 31 heavy (non-hydrogen) atoms. The molecule has 0 radical (unpaired) electrons. The van der Waals surface area contributed by atoms with Crippen LogP contribution in [-0.4, -0.2) is 48.1 Å². The summed E-state index contributed by atoms with van der Waals surface area (Å²) < 4.78 is 5.75. The summed E-state index contributed by atoms with van der Waals surface area (Å²) >= 11 is 0. The molecule has 0 saturated carbocycles. The normalized spacial score (nSPS) is 17.5. The SMILES string of the molecule is CCCCCCCC(=O)OCC1CN(Cc2ccccc2)CCN1Cc1ccccc1. The lowest BCUT2D eigenvalue weighted by atomic mass is 10.1. The number of hydrogen-bond donors (Lipinski definition) is 0. The van der Waals surface area contributed by atoms with Crippen molar-refractivity contribution >= 4 is 5.97 Å². The molecular weight excluding hydrogens is 384 g/mol. The maximum Gasteiger partial charge on any atom is 0.305 e. The summed E-state index contributed by atoms with van der Waals surface area (Å²) in [5.41, 5.74) is 2.65. The van der Waals surface area contributed by atoms with Crippen LogP contribution < -0.4 is 0 Å². The molecule has 4 nitrogen and oxygen atoms in total. The molecule has 0 amide bonds. The van der Waals surface area contributed by atoms with Crippen LogP contribution in [0.15, 0.2) is 60.7 Å². The summed E-state index contributed by atoms with van der Waals surface area (Å²) in [5.74, 6) is -0.0451. The van der Waals surface area contributed by atoms with Crippen LogP contribution in [0.25, 0.3) is 0 Å². The zero-order valence-electron chi connectivity index (χ0n) is 19.0. The highest BCUT2D eigenvalue weighted by molar-refractivity contribution is 5.69. The predicted molar refractivity (Wildman–Crippen MR) is 127 cm³/mol. The zero-order valence-corrected chi connectivity index (χ0v) is 19.0. The van der Waals surface area contributed by atoms with Gasteiger partial charge in [-0.15, -0.1) is 0 Å². The molecule has 168 valence electrons. The molecule has 0 bridgehead atoms. The molecule has 1 unspecified atom stereocenters. The van der Waals surface area contributed by atoms with Crippen molar-refractivity contribution < 1.29 is 9.53 Å². The smallest absolute Gasteiger partial charge is 0.305 e. The first kappa shape index (κ1) is 23.5. The van der Waals surface area contributed by atoms with Crippen molar-refractivity contribution in [3.05, 3.63) is 71.8 Å². The number of nitrogens with zero attached hydrogens (tertiary/aromatic N) is 2. The fourth-order valence-electron chi connectivity index (χ4n) is 4.26. The van der Waals surface area contributed by atoms with Gasteiger partial charge in [-0.2, -0.15) is 0 Å². The van der Waals surface area contributed by atoms with Crippen molar-refractivity contribution in [2.75, 3.05) is 26.2 Å². The monoisotopic (exact) mass is 422 g/mol. The Hall–Kier alpha value is -2.17. The Balaban J connectivity index is 1.53. The standard InChI is InChI=1S/C27H38N2O2/c1-2-3-4-5-12-17-27(30)31-23-26-22-28(20-24-13-8-6-9-14-24)18-19-29(26)21-25-15-10-7-11-16-25/h6-11,13-16,26H,2-5,12,17-23H2,1H3. The maximum atomic E-state index is 12.3. The molecule has 1 fully saturated rings. The lowest BCUT2D eigenvalue weighted by molar-refractivity contribution is -0.146. The number of carbonyl (C=O) groups is 1. The minimum Gasteiger partial charge on any atom is -0.464 e. The Morgan fingerprint density at radius 3 is 2.19 bits per heavy atom. The van der Waals surface area contributed by atoms with Crippen LogP contribution in [0.4, 0.5) is 0 Å². The highest BCUT2D eigenvalue weighted by atomic mass is 16.5. The van der Waals surface area contributed by atoms with E-state index in [4.69, 9.17) is 4.74 Å². The fraction of sp³-hybridized carbons (Fsp3) is 0.519. The average molecular weight is 423 g/mol. The molecule has 1 aliphatic rings. The third kappa shape index (κ3) is 8.47. The first-order valence-electron chi connectivity index (χ1n) is 11.9. The Labute approximate surface area is 188 Å². The zero-order chi connectivity index (χ0) is 21.7. The van der Waals surface area contributed by atoms with Gasteiger partial charge in [0.05, 0.1) is 6.04 Å². The number of piperazine rings is 1. The number of ether oxygens (including phenoxy) is 1. The van der Waals surface area contributed by atoms with Gasteiger partial charge in [0.1, 0.15) is 6.61 Å². The Bertz CT molecular complexity index is 750. The Morgan fingerprint density at radius 1 is 0.871 bits per heavy atom. The first-order valence-corrected chi connectivity index (χ1v) is 11.9. The minimum absolute atomic E-state index is 0.0451. The molecule has 0 spiro atoms. The van der Waals surface area contributed by atoms with Crippen LogP contribution in [0.2, 0.25) is 0 Å². The Morgan fingerprint density at radius 2 is 1.52 bits per heavy atom. The molecule has 3 rings (SSSR count). The third-order valence-corrected chi connectivity index (χ3v) is 6.09. The summed E-state index contributed by atoms with van der Waals surface area (Å²) in [6, 6.07) is 21.4.